The van der Waals surface area contributed by atoms with Crippen LogP contribution in [0.4, 0.5) is 4.39 Å². The molecule has 1 aliphatic rings. The van der Waals surface area contributed by atoms with Crippen LogP contribution in [0.3, 0.4) is 0 Å². The smallest absolute Gasteiger partial charge is 0.222 e. The number of rotatable bonds is 6. The Bertz CT molecular complexity index is 836. The predicted octanol–water partition coefficient (Wildman–Crippen LogP) is 2.69. The second kappa shape index (κ2) is 8.52. The van der Waals surface area contributed by atoms with E-state index in [1.54, 1.807) is 24.0 Å². The van der Waals surface area contributed by atoms with Crippen molar-refractivity contribution >= 4 is 11.8 Å². The maximum absolute atomic E-state index is 13.1. The molecule has 148 valence electrons. The first-order valence-electron chi connectivity index (χ1n) is 9.48. The van der Waals surface area contributed by atoms with Gasteiger partial charge in [0.25, 0.3) is 0 Å². The molecular formula is C22H25FN2O3. The quantitative estimate of drug-likeness (QED) is 0.805. The summed E-state index contributed by atoms with van der Waals surface area (Å²) in [6, 6.07) is 13.7. The number of halogens is 1. The normalized spacial score (nSPS) is 21.1. The van der Waals surface area contributed by atoms with Gasteiger partial charge >= 0.3 is 0 Å². The lowest BCUT2D eigenvalue weighted by molar-refractivity contribution is -0.150. The molecule has 0 aromatic heterocycles. The highest BCUT2D eigenvalue weighted by Crippen LogP contribution is 2.41. The Hall–Kier alpha value is -2.73. The summed E-state index contributed by atoms with van der Waals surface area (Å²) in [5.41, 5.74) is 2.88. The highest BCUT2D eigenvalue weighted by molar-refractivity contribution is 5.79. The van der Waals surface area contributed by atoms with E-state index in [-0.39, 0.29) is 42.2 Å². The van der Waals surface area contributed by atoms with Crippen LogP contribution < -0.4 is 5.32 Å². The standard InChI is InChI=1S/C22H25FN2O3/c1-3-21(28)25-19(12-24-14(2)27)22(20(25)13-26)17-6-4-15(5-7-17)16-8-10-18(23)11-9-16/h4-11,19-20,22,26H,3,12-13H2,1-2H3,(H,24,27)/t19-,20-,22-/m0/s1. The van der Waals surface area contributed by atoms with Crippen molar-refractivity contribution in [3.63, 3.8) is 0 Å². The first kappa shape index (κ1) is 20.0. The molecule has 6 heteroatoms. The fourth-order valence-corrected chi connectivity index (χ4v) is 3.96. The van der Waals surface area contributed by atoms with Gasteiger partial charge in [-0.3, -0.25) is 9.59 Å². The molecule has 1 fully saturated rings. The van der Waals surface area contributed by atoms with Gasteiger partial charge in [-0.1, -0.05) is 43.3 Å². The molecule has 2 aromatic rings. The number of aliphatic hydroxyl groups excluding tert-OH is 1. The molecule has 3 rings (SSSR count). The molecule has 0 radical (unpaired) electrons. The summed E-state index contributed by atoms with van der Waals surface area (Å²) in [6.07, 6.45) is 0.350. The number of hydrogen-bond donors (Lipinski definition) is 2. The molecular weight excluding hydrogens is 359 g/mol. The van der Waals surface area contributed by atoms with E-state index in [4.69, 9.17) is 0 Å². The summed E-state index contributed by atoms with van der Waals surface area (Å²) in [4.78, 5) is 25.4. The largest absolute Gasteiger partial charge is 0.394 e. The van der Waals surface area contributed by atoms with Gasteiger partial charge in [0, 0.05) is 25.8 Å². The fraction of sp³-hybridized carbons (Fsp3) is 0.364. The van der Waals surface area contributed by atoms with Crippen molar-refractivity contribution in [1.29, 1.82) is 0 Å². The zero-order valence-corrected chi connectivity index (χ0v) is 16.1. The zero-order valence-electron chi connectivity index (χ0n) is 16.1. The third-order valence-corrected chi connectivity index (χ3v) is 5.35. The van der Waals surface area contributed by atoms with E-state index in [1.165, 1.54) is 19.1 Å². The molecule has 1 heterocycles. The van der Waals surface area contributed by atoms with Crippen LogP contribution in [0.1, 0.15) is 31.7 Å². The second-order valence-corrected chi connectivity index (χ2v) is 7.06. The van der Waals surface area contributed by atoms with Crippen LogP contribution in [0.2, 0.25) is 0 Å². The summed E-state index contributed by atoms with van der Waals surface area (Å²) in [5, 5.41) is 12.7. The van der Waals surface area contributed by atoms with Gasteiger partial charge in [-0.15, -0.1) is 0 Å². The van der Waals surface area contributed by atoms with Crippen molar-refractivity contribution in [1.82, 2.24) is 10.2 Å². The Morgan fingerprint density at radius 3 is 2.11 bits per heavy atom. The van der Waals surface area contributed by atoms with Gasteiger partial charge in [-0.05, 0) is 28.8 Å². The Morgan fingerprint density at radius 2 is 1.61 bits per heavy atom. The first-order valence-corrected chi connectivity index (χ1v) is 9.48. The molecule has 28 heavy (non-hydrogen) atoms. The Balaban J connectivity index is 1.85. The minimum Gasteiger partial charge on any atom is -0.394 e. The maximum Gasteiger partial charge on any atom is 0.222 e. The maximum atomic E-state index is 13.1. The van der Waals surface area contributed by atoms with Crippen molar-refractivity contribution in [2.45, 2.75) is 38.3 Å². The van der Waals surface area contributed by atoms with Gasteiger partial charge in [0.1, 0.15) is 5.82 Å². The summed E-state index contributed by atoms with van der Waals surface area (Å²) < 4.78 is 13.1. The van der Waals surface area contributed by atoms with E-state index in [1.807, 2.05) is 24.3 Å². The number of nitrogens with one attached hydrogen (secondary N) is 1. The van der Waals surface area contributed by atoms with Crippen LogP contribution in [-0.4, -0.2) is 47.1 Å². The molecule has 2 amide bonds. The lowest BCUT2D eigenvalue weighted by atomic mass is 9.74. The molecule has 1 saturated heterocycles. The average Bonchev–Trinajstić information content (AvgIpc) is 2.68. The van der Waals surface area contributed by atoms with Crippen molar-refractivity contribution < 1.29 is 19.1 Å². The van der Waals surface area contributed by atoms with Gasteiger partial charge in [-0.25, -0.2) is 4.39 Å². The number of hydrogen-bond acceptors (Lipinski definition) is 3. The van der Waals surface area contributed by atoms with Gasteiger partial charge in [0.05, 0.1) is 18.7 Å². The second-order valence-electron chi connectivity index (χ2n) is 7.06. The highest BCUT2D eigenvalue weighted by atomic mass is 19.1. The van der Waals surface area contributed by atoms with E-state index in [2.05, 4.69) is 5.32 Å². The Labute approximate surface area is 164 Å². The van der Waals surface area contributed by atoms with E-state index in [0.29, 0.717) is 13.0 Å². The summed E-state index contributed by atoms with van der Waals surface area (Å²) in [7, 11) is 0. The van der Waals surface area contributed by atoms with E-state index in [9.17, 15) is 19.1 Å². The van der Waals surface area contributed by atoms with Crippen molar-refractivity contribution in [3.05, 3.63) is 59.9 Å². The minimum atomic E-state index is -0.303. The molecule has 2 N–H and O–H groups in total. The van der Waals surface area contributed by atoms with Gasteiger partial charge < -0.3 is 15.3 Å². The summed E-state index contributed by atoms with van der Waals surface area (Å²) in [5.74, 6) is -0.521. The fourth-order valence-electron chi connectivity index (χ4n) is 3.96. The third kappa shape index (κ3) is 3.92. The lowest BCUT2D eigenvalue weighted by Crippen LogP contribution is -2.68. The zero-order chi connectivity index (χ0) is 20.3. The van der Waals surface area contributed by atoms with Crippen LogP contribution in [0.15, 0.2) is 48.5 Å². The van der Waals surface area contributed by atoms with Crippen LogP contribution in [0.5, 0.6) is 0 Å². The molecule has 5 nitrogen and oxygen atoms in total. The van der Waals surface area contributed by atoms with Gasteiger partial charge in [-0.2, -0.15) is 0 Å². The Morgan fingerprint density at radius 1 is 1.04 bits per heavy atom. The van der Waals surface area contributed by atoms with Crippen molar-refractivity contribution in [2.24, 2.45) is 0 Å². The van der Waals surface area contributed by atoms with E-state index < -0.39 is 0 Å². The number of amides is 2. The van der Waals surface area contributed by atoms with Crippen LogP contribution >= 0.6 is 0 Å². The van der Waals surface area contributed by atoms with E-state index in [0.717, 1.165) is 16.7 Å². The molecule has 2 aromatic carbocycles. The summed E-state index contributed by atoms with van der Waals surface area (Å²) >= 11 is 0. The van der Waals surface area contributed by atoms with Crippen molar-refractivity contribution in [2.75, 3.05) is 13.2 Å². The number of carbonyl (C=O) groups excluding carboxylic acids is 2. The monoisotopic (exact) mass is 384 g/mol. The highest BCUT2D eigenvalue weighted by Gasteiger charge is 2.50. The van der Waals surface area contributed by atoms with Gasteiger partial charge in [0.15, 0.2) is 0 Å². The molecule has 3 atom stereocenters. The molecule has 0 aliphatic carbocycles. The van der Waals surface area contributed by atoms with Crippen LogP contribution in [0, 0.1) is 5.82 Å². The topological polar surface area (TPSA) is 69.6 Å². The number of benzene rings is 2. The number of likely N-dealkylation sites (tertiary alicyclic amines) is 1. The number of aliphatic hydroxyl groups is 1. The lowest BCUT2D eigenvalue weighted by Gasteiger charge is -2.55. The minimum absolute atomic E-state index is 0.0337. The molecule has 0 spiro atoms. The summed E-state index contributed by atoms with van der Waals surface area (Å²) in [6.45, 7) is 3.45. The SMILES string of the molecule is CCC(=O)N1[C@@H](CO)[C@@H](c2ccc(-c3ccc(F)cc3)cc2)[C@@H]1CNC(C)=O. The Kier molecular flexibility index (Phi) is 6.09. The van der Waals surface area contributed by atoms with E-state index >= 15 is 0 Å². The van der Waals surface area contributed by atoms with Crippen molar-refractivity contribution in [3.8, 4) is 11.1 Å². The van der Waals surface area contributed by atoms with Crippen LogP contribution in [-0.2, 0) is 9.59 Å². The molecule has 0 saturated carbocycles. The predicted molar refractivity (Wildman–Crippen MR) is 105 cm³/mol. The third-order valence-electron chi connectivity index (χ3n) is 5.35. The molecule has 0 unspecified atom stereocenters. The van der Waals surface area contributed by atoms with Crippen LogP contribution in [0.25, 0.3) is 11.1 Å². The molecule has 0 bridgehead atoms. The van der Waals surface area contributed by atoms with Gasteiger partial charge in [0.2, 0.25) is 11.8 Å². The molecule has 1 aliphatic heterocycles. The first-order chi connectivity index (χ1) is 13.5. The average molecular weight is 384 g/mol. The number of nitrogens with zero attached hydrogens (tertiary/aromatic N) is 1. The number of carbonyl (C=O) groups is 2.